The van der Waals surface area contributed by atoms with Crippen molar-refractivity contribution in [2.24, 2.45) is 0 Å². The summed E-state index contributed by atoms with van der Waals surface area (Å²) in [5.41, 5.74) is 7.90. The average molecular weight is 468 g/mol. The van der Waals surface area contributed by atoms with Gasteiger partial charge in [0.2, 0.25) is 0 Å². The third-order valence-electron chi connectivity index (χ3n) is 6.79. The number of carbonyl (C=O) groups excluding carboxylic acids is 1. The van der Waals surface area contributed by atoms with Crippen molar-refractivity contribution in [3.05, 3.63) is 88.4 Å². The summed E-state index contributed by atoms with van der Waals surface area (Å²) in [4.78, 5) is 24.9. The zero-order valence-electron chi connectivity index (χ0n) is 20.8. The van der Waals surface area contributed by atoms with Crippen molar-refractivity contribution >= 4 is 22.8 Å². The number of nitrogens with zero attached hydrogens (tertiary/aromatic N) is 4. The van der Waals surface area contributed by atoms with E-state index in [1.165, 1.54) is 31.5 Å². The molecule has 0 saturated carbocycles. The highest BCUT2D eigenvalue weighted by Gasteiger charge is 2.15. The molecule has 5 rings (SSSR count). The van der Waals surface area contributed by atoms with Crippen LogP contribution in [0.4, 0.5) is 5.69 Å². The highest BCUT2D eigenvalue weighted by Crippen LogP contribution is 2.21. The van der Waals surface area contributed by atoms with Gasteiger partial charge in [-0.1, -0.05) is 31.2 Å². The number of amides is 1. The van der Waals surface area contributed by atoms with Crippen LogP contribution < -0.4 is 5.32 Å². The van der Waals surface area contributed by atoms with Crippen molar-refractivity contribution in [1.82, 2.24) is 19.4 Å². The molecule has 0 spiro atoms. The molecule has 0 bridgehead atoms. The lowest BCUT2D eigenvalue weighted by Crippen LogP contribution is -2.18. The molecule has 35 heavy (non-hydrogen) atoms. The van der Waals surface area contributed by atoms with Crippen molar-refractivity contribution in [2.75, 3.05) is 18.4 Å². The zero-order valence-corrected chi connectivity index (χ0v) is 20.8. The van der Waals surface area contributed by atoms with Gasteiger partial charge in [0.1, 0.15) is 11.3 Å². The number of anilines is 1. The summed E-state index contributed by atoms with van der Waals surface area (Å²) in [7, 11) is 0. The summed E-state index contributed by atoms with van der Waals surface area (Å²) >= 11 is 0. The lowest BCUT2D eigenvalue weighted by molar-refractivity contribution is 0.102. The van der Waals surface area contributed by atoms with Gasteiger partial charge in [0, 0.05) is 29.9 Å². The van der Waals surface area contributed by atoms with E-state index in [2.05, 4.69) is 46.8 Å². The fourth-order valence-electron chi connectivity index (χ4n) is 4.92. The van der Waals surface area contributed by atoms with Crippen LogP contribution >= 0.6 is 0 Å². The Morgan fingerprint density at radius 1 is 0.914 bits per heavy atom. The first-order valence-electron chi connectivity index (χ1n) is 12.5. The van der Waals surface area contributed by atoms with Crippen molar-refractivity contribution < 1.29 is 4.79 Å². The fraction of sp³-hybridized carbons (Fsp3) is 0.345. The number of aryl methyl sites for hydroxylation is 3. The fourth-order valence-corrected chi connectivity index (χ4v) is 4.92. The Morgan fingerprint density at radius 3 is 2.26 bits per heavy atom. The number of hydrogen-bond acceptors (Lipinski definition) is 4. The van der Waals surface area contributed by atoms with Crippen LogP contribution in [0.25, 0.3) is 11.2 Å². The van der Waals surface area contributed by atoms with E-state index in [9.17, 15) is 4.79 Å². The molecule has 3 heterocycles. The number of fused-ring (bicyclic) bond motifs is 1. The van der Waals surface area contributed by atoms with Gasteiger partial charge in [-0.2, -0.15) is 0 Å². The molecule has 2 aromatic heterocycles. The standard InChI is InChI=1S/C29H33N5O/c1-4-26-32-27-20(2)17-21(3)30-28(27)34(26)19-23-7-11-24(12-8-23)29(35)31-25-13-9-22(10-14-25)18-33-15-5-6-16-33/h7-14,17H,4-6,15-16,18-19H2,1-3H3,(H,31,35). The molecule has 1 aliphatic heterocycles. The summed E-state index contributed by atoms with van der Waals surface area (Å²) in [6, 6.07) is 18.1. The molecular formula is C29H33N5O. The molecule has 6 heteroatoms. The van der Waals surface area contributed by atoms with Crippen LogP contribution in [0.2, 0.25) is 0 Å². The first-order chi connectivity index (χ1) is 17.0. The minimum absolute atomic E-state index is 0.0981. The van der Waals surface area contributed by atoms with Crippen molar-refractivity contribution in [1.29, 1.82) is 0 Å². The Hall–Kier alpha value is -3.51. The summed E-state index contributed by atoms with van der Waals surface area (Å²) in [6.07, 6.45) is 3.43. The predicted molar refractivity (Wildman–Crippen MR) is 141 cm³/mol. The molecule has 0 unspecified atom stereocenters. The zero-order chi connectivity index (χ0) is 24.4. The van der Waals surface area contributed by atoms with Gasteiger partial charge in [-0.15, -0.1) is 0 Å². The Labute approximate surface area is 207 Å². The van der Waals surface area contributed by atoms with Crippen LogP contribution in [-0.2, 0) is 19.5 Å². The summed E-state index contributed by atoms with van der Waals surface area (Å²) in [6.45, 7) is 10.2. The highest BCUT2D eigenvalue weighted by molar-refractivity contribution is 6.04. The van der Waals surface area contributed by atoms with Crippen LogP contribution in [0.3, 0.4) is 0 Å². The number of carbonyl (C=O) groups is 1. The van der Waals surface area contributed by atoms with Crippen LogP contribution in [0.15, 0.2) is 54.6 Å². The first kappa shape index (κ1) is 23.2. The van der Waals surface area contributed by atoms with E-state index in [1.807, 2.05) is 43.3 Å². The Morgan fingerprint density at radius 2 is 1.57 bits per heavy atom. The van der Waals surface area contributed by atoms with E-state index in [4.69, 9.17) is 9.97 Å². The van der Waals surface area contributed by atoms with Gasteiger partial charge >= 0.3 is 0 Å². The Balaban J connectivity index is 1.26. The molecule has 0 atom stereocenters. The van der Waals surface area contributed by atoms with Gasteiger partial charge in [-0.05, 0) is 86.8 Å². The number of nitrogens with one attached hydrogen (secondary N) is 1. The molecule has 6 nitrogen and oxygen atoms in total. The van der Waals surface area contributed by atoms with Crippen molar-refractivity contribution in [2.45, 2.75) is 53.1 Å². The van der Waals surface area contributed by atoms with Gasteiger partial charge in [-0.25, -0.2) is 9.97 Å². The molecule has 1 fully saturated rings. The van der Waals surface area contributed by atoms with Crippen molar-refractivity contribution in [3.63, 3.8) is 0 Å². The monoisotopic (exact) mass is 467 g/mol. The van der Waals surface area contributed by atoms with Gasteiger partial charge in [-0.3, -0.25) is 9.69 Å². The van der Waals surface area contributed by atoms with Crippen LogP contribution in [-0.4, -0.2) is 38.4 Å². The predicted octanol–water partition coefficient (Wildman–Crippen LogP) is 5.51. The summed E-state index contributed by atoms with van der Waals surface area (Å²) in [5.74, 6) is 0.926. The second kappa shape index (κ2) is 10.0. The molecular weight excluding hydrogens is 434 g/mol. The minimum Gasteiger partial charge on any atom is -0.322 e. The number of hydrogen-bond donors (Lipinski definition) is 1. The SMILES string of the molecule is CCc1nc2c(C)cc(C)nc2n1Cc1ccc(C(=O)Nc2ccc(CN3CCCC3)cc2)cc1. The van der Waals surface area contributed by atoms with Gasteiger partial charge in [0.15, 0.2) is 5.65 Å². The maximum Gasteiger partial charge on any atom is 0.255 e. The molecule has 1 amide bonds. The van der Waals surface area contributed by atoms with Gasteiger partial charge < -0.3 is 9.88 Å². The topological polar surface area (TPSA) is 63.1 Å². The highest BCUT2D eigenvalue weighted by atomic mass is 16.1. The van der Waals surface area contributed by atoms with E-state index < -0.39 is 0 Å². The molecule has 0 aliphatic carbocycles. The smallest absolute Gasteiger partial charge is 0.255 e. The number of benzene rings is 2. The van der Waals surface area contributed by atoms with Crippen LogP contribution in [0, 0.1) is 13.8 Å². The number of likely N-dealkylation sites (tertiary alicyclic amines) is 1. The third-order valence-corrected chi connectivity index (χ3v) is 6.79. The number of imidazole rings is 1. The average Bonchev–Trinajstić information content (AvgIpc) is 3.49. The second-order valence-electron chi connectivity index (χ2n) is 9.55. The molecule has 1 N–H and O–H groups in total. The molecule has 1 saturated heterocycles. The number of rotatable bonds is 7. The van der Waals surface area contributed by atoms with Gasteiger partial charge in [0.25, 0.3) is 5.91 Å². The van der Waals surface area contributed by atoms with E-state index in [0.29, 0.717) is 12.1 Å². The van der Waals surface area contributed by atoms with Crippen molar-refractivity contribution in [3.8, 4) is 0 Å². The van der Waals surface area contributed by atoms with E-state index in [-0.39, 0.29) is 5.91 Å². The molecule has 2 aromatic carbocycles. The second-order valence-corrected chi connectivity index (χ2v) is 9.55. The number of pyridine rings is 1. The van der Waals surface area contributed by atoms with E-state index in [0.717, 1.165) is 52.5 Å². The number of aromatic nitrogens is 3. The Kier molecular flexibility index (Phi) is 6.64. The lowest BCUT2D eigenvalue weighted by Gasteiger charge is -2.15. The third kappa shape index (κ3) is 5.13. The molecule has 1 aliphatic rings. The normalized spacial score (nSPS) is 14.0. The summed E-state index contributed by atoms with van der Waals surface area (Å²) in [5, 5.41) is 3.02. The summed E-state index contributed by atoms with van der Waals surface area (Å²) < 4.78 is 2.19. The largest absolute Gasteiger partial charge is 0.322 e. The van der Waals surface area contributed by atoms with E-state index in [1.54, 1.807) is 0 Å². The lowest BCUT2D eigenvalue weighted by atomic mass is 10.1. The van der Waals surface area contributed by atoms with Gasteiger partial charge in [0.05, 0.1) is 6.54 Å². The maximum absolute atomic E-state index is 12.8. The maximum atomic E-state index is 12.8. The molecule has 0 radical (unpaired) electrons. The minimum atomic E-state index is -0.0981. The quantitative estimate of drug-likeness (QED) is 0.389. The van der Waals surface area contributed by atoms with Crippen LogP contribution in [0.5, 0.6) is 0 Å². The molecule has 180 valence electrons. The Bertz CT molecular complexity index is 1330. The molecule has 4 aromatic rings. The first-order valence-corrected chi connectivity index (χ1v) is 12.5. The van der Waals surface area contributed by atoms with E-state index >= 15 is 0 Å². The van der Waals surface area contributed by atoms with Crippen LogP contribution in [0.1, 0.15) is 58.3 Å².